The highest BCUT2D eigenvalue weighted by Crippen LogP contribution is 2.16. The summed E-state index contributed by atoms with van der Waals surface area (Å²) in [5, 5.41) is 10.9. The van der Waals surface area contributed by atoms with Crippen molar-refractivity contribution in [2.45, 2.75) is 6.42 Å². The van der Waals surface area contributed by atoms with Crippen molar-refractivity contribution in [1.82, 2.24) is 0 Å². The minimum atomic E-state index is -0.475. The summed E-state index contributed by atoms with van der Waals surface area (Å²) in [7, 11) is 0. The van der Waals surface area contributed by atoms with Crippen molar-refractivity contribution >= 4 is 5.97 Å². The number of benzene rings is 2. The monoisotopic (exact) mass is 253 g/mol. The van der Waals surface area contributed by atoms with Crippen molar-refractivity contribution in [3.63, 3.8) is 0 Å². The highest BCUT2D eigenvalue weighted by Gasteiger charge is 2.08. The standard InChI is InChI=1S/C16H13O3/c1-2-3-12-4-10-15(11-5-12)19-16(18)13-6-8-14(17)9-7-13/h2,4-11H,1,3H2. The van der Waals surface area contributed by atoms with Crippen molar-refractivity contribution in [2.75, 3.05) is 0 Å². The molecule has 19 heavy (non-hydrogen) atoms. The van der Waals surface area contributed by atoms with E-state index in [0.717, 1.165) is 12.0 Å². The van der Waals surface area contributed by atoms with Crippen LogP contribution in [-0.2, 0) is 11.5 Å². The Kier molecular flexibility index (Phi) is 3.98. The number of esters is 1. The van der Waals surface area contributed by atoms with Gasteiger partial charge in [0.1, 0.15) is 5.75 Å². The molecule has 2 aromatic rings. The van der Waals surface area contributed by atoms with Crippen LogP contribution in [0.15, 0.2) is 61.2 Å². The SMILES string of the molecule is C=CCc1ccc(OC(=O)c2ccc([O])cc2)cc1. The van der Waals surface area contributed by atoms with Crippen LogP contribution in [0.2, 0.25) is 0 Å². The summed E-state index contributed by atoms with van der Waals surface area (Å²) in [5.41, 5.74) is 1.46. The van der Waals surface area contributed by atoms with Crippen LogP contribution in [0.1, 0.15) is 15.9 Å². The van der Waals surface area contributed by atoms with Gasteiger partial charge in [0.05, 0.1) is 5.56 Å². The Morgan fingerprint density at radius 3 is 2.26 bits per heavy atom. The van der Waals surface area contributed by atoms with E-state index in [1.165, 1.54) is 24.3 Å². The molecular weight excluding hydrogens is 240 g/mol. The minimum absolute atomic E-state index is 0.134. The van der Waals surface area contributed by atoms with Crippen LogP contribution in [0.25, 0.3) is 0 Å². The Hall–Kier alpha value is -2.55. The molecule has 0 heterocycles. The van der Waals surface area contributed by atoms with Crippen LogP contribution < -0.4 is 4.74 Å². The molecule has 0 amide bonds. The van der Waals surface area contributed by atoms with Crippen LogP contribution in [-0.4, -0.2) is 5.97 Å². The summed E-state index contributed by atoms with van der Waals surface area (Å²) >= 11 is 0. The molecule has 0 fully saturated rings. The van der Waals surface area contributed by atoms with Gasteiger partial charge in [-0.25, -0.2) is 4.79 Å². The third-order valence-electron chi connectivity index (χ3n) is 2.60. The fraction of sp³-hybridized carbons (Fsp3) is 0.0625. The first kappa shape index (κ1) is 12.9. The second-order valence-electron chi connectivity index (χ2n) is 4.05. The molecule has 0 unspecified atom stereocenters. The maximum atomic E-state index is 11.8. The Morgan fingerprint density at radius 2 is 1.68 bits per heavy atom. The fourth-order valence-corrected chi connectivity index (χ4v) is 1.62. The van der Waals surface area contributed by atoms with Gasteiger partial charge in [-0.2, -0.15) is 0 Å². The molecule has 3 nitrogen and oxygen atoms in total. The van der Waals surface area contributed by atoms with Gasteiger partial charge in [-0.05, 0) is 48.4 Å². The molecule has 0 saturated carbocycles. The molecule has 2 aromatic carbocycles. The Balaban J connectivity index is 2.06. The van der Waals surface area contributed by atoms with Crippen molar-refractivity contribution in [2.24, 2.45) is 0 Å². The Labute approximate surface area is 111 Å². The second-order valence-corrected chi connectivity index (χ2v) is 4.05. The van der Waals surface area contributed by atoms with Crippen molar-refractivity contribution in [1.29, 1.82) is 0 Å². The Bertz CT molecular complexity index is 568. The van der Waals surface area contributed by atoms with E-state index < -0.39 is 5.97 Å². The lowest BCUT2D eigenvalue weighted by molar-refractivity contribution is 0.0734. The number of hydrogen-bond donors (Lipinski definition) is 0. The third-order valence-corrected chi connectivity index (χ3v) is 2.60. The van der Waals surface area contributed by atoms with Gasteiger partial charge in [-0.15, -0.1) is 6.58 Å². The zero-order valence-corrected chi connectivity index (χ0v) is 10.3. The summed E-state index contributed by atoms with van der Waals surface area (Å²) < 4.78 is 5.21. The molecule has 0 saturated heterocycles. The zero-order chi connectivity index (χ0) is 13.7. The molecule has 0 aliphatic heterocycles. The van der Waals surface area contributed by atoms with E-state index in [0.29, 0.717) is 11.3 Å². The maximum absolute atomic E-state index is 11.8. The van der Waals surface area contributed by atoms with E-state index >= 15 is 0 Å². The summed E-state index contributed by atoms with van der Waals surface area (Å²) in [6.45, 7) is 3.66. The molecule has 0 bridgehead atoms. The normalized spacial score (nSPS) is 9.89. The maximum Gasteiger partial charge on any atom is 0.343 e. The van der Waals surface area contributed by atoms with Crippen molar-refractivity contribution in [3.05, 3.63) is 72.3 Å². The van der Waals surface area contributed by atoms with Gasteiger partial charge in [0.25, 0.3) is 0 Å². The largest absolute Gasteiger partial charge is 0.423 e. The van der Waals surface area contributed by atoms with Gasteiger partial charge in [0, 0.05) is 0 Å². The van der Waals surface area contributed by atoms with E-state index in [-0.39, 0.29) is 5.75 Å². The molecule has 2 rings (SSSR count). The van der Waals surface area contributed by atoms with E-state index in [2.05, 4.69) is 6.58 Å². The molecule has 0 N–H and O–H groups in total. The first-order valence-corrected chi connectivity index (χ1v) is 5.88. The van der Waals surface area contributed by atoms with Crippen LogP contribution >= 0.6 is 0 Å². The summed E-state index contributed by atoms with van der Waals surface area (Å²) in [6, 6.07) is 12.8. The van der Waals surface area contributed by atoms with Crippen LogP contribution in [0.5, 0.6) is 11.5 Å². The fourth-order valence-electron chi connectivity index (χ4n) is 1.62. The highest BCUT2D eigenvalue weighted by atomic mass is 16.5. The van der Waals surface area contributed by atoms with Crippen LogP contribution in [0.4, 0.5) is 0 Å². The number of carbonyl (C=O) groups is 1. The smallest absolute Gasteiger partial charge is 0.343 e. The molecule has 0 aliphatic rings. The predicted octanol–water partition coefficient (Wildman–Crippen LogP) is 3.78. The first-order chi connectivity index (χ1) is 9.19. The van der Waals surface area contributed by atoms with Gasteiger partial charge in [0.2, 0.25) is 0 Å². The first-order valence-electron chi connectivity index (χ1n) is 5.88. The molecular formula is C16H13O3. The highest BCUT2D eigenvalue weighted by molar-refractivity contribution is 5.91. The lowest BCUT2D eigenvalue weighted by atomic mass is 10.1. The van der Waals surface area contributed by atoms with Gasteiger partial charge >= 0.3 is 5.97 Å². The van der Waals surface area contributed by atoms with E-state index in [9.17, 15) is 9.90 Å². The molecule has 0 atom stereocenters. The topological polar surface area (TPSA) is 46.2 Å². The predicted molar refractivity (Wildman–Crippen MR) is 71.9 cm³/mol. The van der Waals surface area contributed by atoms with E-state index in [1.54, 1.807) is 12.1 Å². The lowest BCUT2D eigenvalue weighted by Gasteiger charge is -2.05. The number of ether oxygens (including phenoxy) is 1. The van der Waals surface area contributed by atoms with E-state index in [1.807, 2.05) is 18.2 Å². The average Bonchev–Trinajstić information content (AvgIpc) is 2.42. The number of carbonyl (C=O) groups excluding carboxylic acids is 1. The third kappa shape index (κ3) is 3.45. The van der Waals surface area contributed by atoms with Crippen molar-refractivity contribution in [3.8, 4) is 11.5 Å². The number of rotatable bonds is 4. The van der Waals surface area contributed by atoms with Gasteiger partial charge in [-0.3, -0.25) is 5.11 Å². The summed E-state index contributed by atoms with van der Waals surface area (Å²) in [6.07, 6.45) is 2.59. The number of hydrogen-bond acceptors (Lipinski definition) is 2. The molecule has 3 heteroatoms. The lowest BCUT2D eigenvalue weighted by Crippen LogP contribution is -2.08. The van der Waals surface area contributed by atoms with Gasteiger partial charge in [-0.1, -0.05) is 18.2 Å². The van der Waals surface area contributed by atoms with Gasteiger partial charge in [0.15, 0.2) is 5.75 Å². The molecule has 1 radical (unpaired) electrons. The molecule has 0 aliphatic carbocycles. The minimum Gasteiger partial charge on any atom is -0.423 e. The van der Waals surface area contributed by atoms with E-state index in [4.69, 9.17) is 4.74 Å². The quantitative estimate of drug-likeness (QED) is 0.473. The molecule has 0 aromatic heterocycles. The van der Waals surface area contributed by atoms with Crippen LogP contribution in [0, 0.1) is 0 Å². The number of allylic oxidation sites excluding steroid dienone is 1. The van der Waals surface area contributed by atoms with Crippen molar-refractivity contribution < 1.29 is 14.6 Å². The second kappa shape index (κ2) is 5.87. The zero-order valence-electron chi connectivity index (χ0n) is 10.3. The average molecular weight is 253 g/mol. The summed E-state index contributed by atoms with van der Waals surface area (Å²) in [4.78, 5) is 11.8. The Morgan fingerprint density at radius 1 is 1.05 bits per heavy atom. The van der Waals surface area contributed by atoms with Crippen LogP contribution in [0.3, 0.4) is 0 Å². The molecule has 95 valence electrons. The summed E-state index contributed by atoms with van der Waals surface area (Å²) in [5.74, 6) is -0.134. The van der Waals surface area contributed by atoms with Gasteiger partial charge < -0.3 is 4.74 Å². The molecule has 0 spiro atoms.